The van der Waals surface area contributed by atoms with Gasteiger partial charge in [0.2, 0.25) is 5.91 Å². The van der Waals surface area contributed by atoms with Crippen LogP contribution in [0.15, 0.2) is 36.4 Å². The van der Waals surface area contributed by atoms with Gasteiger partial charge in [0.25, 0.3) is 5.69 Å². The Bertz CT molecular complexity index is 1000. The quantitative estimate of drug-likeness (QED) is 0.479. The Labute approximate surface area is 160 Å². The Morgan fingerprint density at radius 3 is 2.39 bits per heavy atom. The number of hydrogen-bond donors (Lipinski definition) is 2. The number of hydrogen-bond acceptors (Lipinski definition) is 5. The number of nitrogens with zero attached hydrogens (tertiary/aromatic N) is 2. The molecular weight excluding hydrogens is 364 g/mol. The van der Waals surface area contributed by atoms with Gasteiger partial charge >= 0.3 is 11.8 Å². The minimum Gasteiger partial charge on any atom is -0.326 e. The smallest absolute Gasteiger partial charge is 0.313 e. The van der Waals surface area contributed by atoms with Crippen LogP contribution in [0, 0.1) is 17.0 Å². The molecule has 0 saturated heterocycles. The number of nitro groups is 1. The van der Waals surface area contributed by atoms with Crippen LogP contribution in [0.4, 0.5) is 17.1 Å². The Hall–Kier alpha value is -3.75. The van der Waals surface area contributed by atoms with Gasteiger partial charge in [-0.2, -0.15) is 0 Å². The maximum atomic E-state index is 12.5. The second kappa shape index (κ2) is 7.47. The van der Waals surface area contributed by atoms with Crippen molar-refractivity contribution in [2.75, 3.05) is 10.6 Å². The number of rotatable bonds is 3. The summed E-state index contributed by atoms with van der Waals surface area (Å²) >= 11 is 0. The molecule has 0 unspecified atom stereocenters. The molecule has 2 aromatic rings. The van der Waals surface area contributed by atoms with E-state index in [1.807, 2.05) is 0 Å². The van der Waals surface area contributed by atoms with Crippen molar-refractivity contribution < 1.29 is 19.3 Å². The van der Waals surface area contributed by atoms with E-state index < -0.39 is 16.7 Å². The molecule has 1 aliphatic rings. The minimum atomic E-state index is -0.797. The van der Waals surface area contributed by atoms with E-state index in [0.29, 0.717) is 16.9 Å². The lowest BCUT2D eigenvalue weighted by molar-refractivity contribution is -0.384. The normalized spacial score (nSPS) is 12.3. The number of nitrogens with one attached hydrogen (secondary N) is 2. The molecule has 0 atom stereocenters. The number of amides is 3. The molecule has 0 aliphatic carbocycles. The van der Waals surface area contributed by atoms with E-state index in [0.717, 1.165) is 11.1 Å². The number of carbonyl (C=O) groups excluding carboxylic acids is 3. The zero-order chi connectivity index (χ0) is 20.4. The third-order valence-corrected chi connectivity index (χ3v) is 4.40. The first kappa shape index (κ1) is 19.0. The van der Waals surface area contributed by atoms with Gasteiger partial charge in [0, 0.05) is 43.5 Å². The number of benzene rings is 2. The van der Waals surface area contributed by atoms with Crippen LogP contribution >= 0.6 is 0 Å². The van der Waals surface area contributed by atoms with Crippen LogP contribution in [-0.4, -0.2) is 27.5 Å². The summed E-state index contributed by atoms with van der Waals surface area (Å²) in [6, 6.07) is 9.28. The SMILES string of the molecule is CC(=O)Nc1ccc(NC(=O)C(=O)N2Cc3ccc([N+](=O)[O-])cc3C2)cc1C. The second-order valence-electron chi connectivity index (χ2n) is 6.54. The highest BCUT2D eigenvalue weighted by Gasteiger charge is 2.29. The molecule has 1 heterocycles. The van der Waals surface area contributed by atoms with Crippen LogP contribution in [0.25, 0.3) is 0 Å². The van der Waals surface area contributed by atoms with Gasteiger partial charge in [-0.1, -0.05) is 6.07 Å². The van der Waals surface area contributed by atoms with Gasteiger partial charge in [0.1, 0.15) is 0 Å². The summed E-state index contributed by atoms with van der Waals surface area (Å²) in [4.78, 5) is 47.6. The number of carbonyl (C=O) groups is 3. The zero-order valence-electron chi connectivity index (χ0n) is 15.3. The average molecular weight is 382 g/mol. The molecule has 28 heavy (non-hydrogen) atoms. The van der Waals surface area contributed by atoms with E-state index in [-0.39, 0.29) is 24.7 Å². The molecule has 2 aromatic carbocycles. The van der Waals surface area contributed by atoms with Gasteiger partial charge in [0.15, 0.2) is 0 Å². The summed E-state index contributed by atoms with van der Waals surface area (Å²) in [6.45, 7) is 3.53. The van der Waals surface area contributed by atoms with E-state index in [1.165, 1.54) is 24.0 Å². The van der Waals surface area contributed by atoms with Crippen LogP contribution in [0.1, 0.15) is 23.6 Å². The summed E-state index contributed by atoms with van der Waals surface area (Å²) in [5.41, 5.74) is 3.17. The highest BCUT2D eigenvalue weighted by molar-refractivity contribution is 6.39. The Morgan fingerprint density at radius 2 is 1.75 bits per heavy atom. The first-order valence-electron chi connectivity index (χ1n) is 8.49. The van der Waals surface area contributed by atoms with Crippen LogP contribution in [0.2, 0.25) is 0 Å². The topological polar surface area (TPSA) is 122 Å². The van der Waals surface area contributed by atoms with Gasteiger partial charge in [-0.3, -0.25) is 24.5 Å². The van der Waals surface area contributed by atoms with Crippen molar-refractivity contribution in [1.82, 2.24) is 4.90 Å². The largest absolute Gasteiger partial charge is 0.326 e. The first-order chi connectivity index (χ1) is 13.2. The fourth-order valence-electron chi connectivity index (χ4n) is 3.04. The maximum Gasteiger partial charge on any atom is 0.313 e. The van der Waals surface area contributed by atoms with Crippen molar-refractivity contribution in [2.24, 2.45) is 0 Å². The van der Waals surface area contributed by atoms with E-state index >= 15 is 0 Å². The molecule has 3 amide bonds. The fraction of sp³-hybridized carbons (Fsp3) is 0.211. The molecule has 9 nitrogen and oxygen atoms in total. The maximum absolute atomic E-state index is 12.5. The molecule has 9 heteroatoms. The van der Waals surface area contributed by atoms with Gasteiger partial charge in [-0.15, -0.1) is 0 Å². The van der Waals surface area contributed by atoms with Gasteiger partial charge in [0.05, 0.1) is 4.92 Å². The molecule has 3 rings (SSSR count). The molecule has 144 valence electrons. The number of fused-ring (bicyclic) bond motifs is 1. The summed E-state index contributed by atoms with van der Waals surface area (Å²) in [5, 5.41) is 16.1. The number of aryl methyl sites for hydroxylation is 1. The highest BCUT2D eigenvalue weighted by atomic mass is 16.6. The highest BCUT2D eigenvalue weighted by Crippen LogP contribution is 2.27. The number of anilines is 2. The monoisotopic (exact) mass is 382 g/mol. The van der Waals surface area contributed by atoms with Crippen LogP contribution in [0.5, 0.6) is 0 Å². The lowest BCUT2D eigenvalue weighted by Crippen LogP contribution is -2.36. The Kier molecular flexibility index (Phi) is 5.08. The molecule has 0 spiro atoms. The zero-order valence-corrected chi connectivity index (χ0v) is 15.3. The lowest BCUT2D eigenvalue weighted by atomic mass is 10.1. The summed E-state index contributed by atoms with van der Waals surface area (Å²) in [5.74, 6) is -1.72. The van der Waals surface area contributed by atoms with Crippen molar-refractivity contribution in [3.05, 3.63) is 63.2 Å². The fourth-order valence-corrected chi connectivity index (χ4v) is 3.04. The standard InChI is InChI=1S/C19H18N4O5/c1-11-7-15(4-6-17(11)20-12(2)24)21-18(25)19(26)22-9-13-3-5-16(23(27)28)8-14(13)10-22/h3-8H,9-10H2,1-2H3,(H,20,24)(H,21,25). The Balaban J connectivity index is 1.67. The van der Waals surface area contributed by atoms with Crippen molar-refractivity contribution in [2.45, 2.75) is 26.9 Å². The lowest BCUT2D eigenvalue weighted by Gasteiger charge is -2.15. The number of non-ortho nitro benzene ring substituents is 1. The molecule has 0 fully saturated rings. The van der Waals surface area contributed by atoms with E-state index in [4.69, 9.17) is 0 Å². The van der Waals surface area contributed by atoms with E-state index in [9.17, 15) is 24.5 Å². The first-order valence-corrected chi connectivity index (χ1v) is 8.49. The average Bonchev–Trinajstić information content (AvgIpc) is 3.06. The van der Waals surface area contributed by atoms with E-state index in [1.54, 1.807) is 31.2 Å². The second-order valence-corrected chi connectivity index (χ2v) is 6.54. The van der Waals surface area contributed by atoms with Gasteiger partial charge in [-0.05, 0) is 41.8 Å². The van der Waals surface area contributed by atoms with Gasteiger partial charge < -0.3 is 15.5 Å². The predicted molar refractivity (Wildman–Crippen MR) is 101 cm³/mol. The van der Waals surface area contributed by atoms with Crippen LogP contribution in [-0.2, 0) is 27.5 Å². The van der Waals surface area contributed by atoms with Crippen LogP contribution in [0.3, 0.4) is 0 Å². The van der Waals surface area contributed by atoms with Gasteiger partial charge in [-0.25, -0.2) is 0 Å². The predicted octanol–water partition coefficient (Wildman–Crippen LogP) is 2.34. The van der Waals surface area contributed by atoms with Crippen molar-refractivity contribution in [3.63, 3.8) is 0 Å². The van der Waals surface area contributed by atoms with E-state index in [2.05, 4.69) is 10.6 Å². The van der Waals surface area contributed by atoms with Crippen molar-refractivity contribution >= 4 is 34.8 Å². The summed E-state index contributed by atoms with van der Waals surface area (Å²) in [6.07, 6.45) is 0. The molecule has 2 N–H and O–H groups in total. The van der Waals surface area contributed by atoms with Crippen molar-refractivity contribution in [3.8, 4) is 0 Å². The van der Waals surface area contributed by atoms with Crippen LogP contribution < -0.4 is 10.6 Å². The molecule has 0 saturated carbocycles. The Morgan fingerprint density at radius 1 is 1.04 bits per heavy atom. The van der Waals surface area contributed by atoms with Crippen molar-refractivity contribution in [1.29, 1.82) is 0 Å². The third-order valence-electron chi connectivity index (χ3n) is 4.40. The molecule has 0 aromatic heterocycles. The third kappa shape index (κ3) is 3.98. The molecule has 0 radical (unpaired) electrons. The molecule has 0 bridgehead atoms. The minimum absolute atomic E-state index is 0.0489. The molecule has 1 aliphatic heterocycles. The summed E-state index contributed by atoms with van der Waals surface area (Å²) < 4.78 is 0. The summed E-state index contributed by atoms with van der Waals surface area (Å²) in [7, 11) is 0. The number of nitro benzene ring substituents is 1. The molecular formula is C19H18N4O5.